The van der Waals surface area contributed by atoms with Gasteiger partial charge in [-0.15, -0.1) is 0 Å². The lowest BCUT2D eigenvalue weighted by molar-refractivity contribution is 0.0186. The van der Waals surface area contributed by atoms with Crippen molar-refractivity contribution in [3.8, 4) is 0 Å². The highest BCUT2D eigenvalue weighted by Crippen LogP contribution is 2.18. The predicted molar refractivity (Wildman–Crippen MR) is 56.9 cm³/mol. The molecule has 2 rings (SSSR count). The molecule has 1 aliphatic rings. The largest absolute Gasteiger partial charge is 0.370 e. The summed E-state index contributed by atoms with van der Waals surface area (Å²) in [5.41, 5.74) is 1.67. The number of hydrogen-bond acceptors (Lipinski definition) is 3. The first-order chi connectivity index (χ1) is 7.29. The summed E-state index contributed by atoms with van der Waals surface area (Å²) in [6, 6.07) is 1.86. The molecule has 0 aromatic carbocycles. The Morgan fingerprint density at radius 3 is 3.07 bits per heavy atom. The average Bonchev–Trinajstić information content (AvgIpc) is 2.30. The zero-order valence-corrected chi connectivity index (χ0v) is 8.90. The molecule has 0 spiro atoms. The Bertz CT molecular complexity index is 356. The number of hydrogen-bond donors (Lipinski definition) is 0. The molecule has 0 saturated carbocycles. The van der Waals surface area contributed by atoms with Crippen LogP contribution in [-0.2, 0) is 4.74 Å². The fraction of sp³-hybridized carbons (Fsp3) is 0.500. The third-order valence-electron chi connectivity index (χ3n) is 2.78. The zero-order chi connectivity index (χ0) is 10.7. The van der Waals surface area contributed by atoms with E-state index in [-0.39, 0.29) is 11.9 Å². The van der Waals surface area contributed by atoms with Gasteiger partial charge in [0.05, 0.1) is 0 Å². The highest BCUT2D eigenvalue weighted by molar-refractivity contribution is 6.00. The number of aromatic nitrogens is 1. The van der Waals surface area contributed by atoms with Gasteiger partial charge < -0.3 is 4.74 Å². The van der Waals surface area contributed by atoms with Crippen molar-refractivity contribution in [1.29, 1.82) is 0 Å². The van der Waals surface area contributed by atoms with Crippen molar-refractivity contribution >= 4 is 5.78 Å². The number of ether oxygens (including phenoxy) is 1. The van der Waals surface area contributed by atoms with E-state index in [1.807, 2.05) is 13.0 Å². The molecule has 15 heavy (non-hydrogen) atoms. The number of carbonyl (C=O) groups excluding carboxylic acids is 1. The van der Waals surface area contributed by atoms with Crippen molar-refractivity contribution < 1.29 is 9.53 Å². The second kappa shape index (κ2) is 4.53. The number of Topliss-reactive ketones (excluding diaryl/α,β-unsaturated/α-hetero) is 1. The van der Waals surface area contributed by atoms with Crippen LogP contribution >= 0.6 is 0 Å². The summed E-state index contributed by atoms with van der Waals surface area (Å²) < 4.78 is 5.47. The van der Waals surface area contributed by atoms with Gasteiger partial charge in [0.25, 0.3) is 0 Å². The lowest BCUT2D eigenvalue weighted by atomic mass is 9.98. The zero-order valence-electron chi connectivity index (χ0n) is 8.90. The van der Waals surface area contributed by atoms with Crippen LogP contribution < -0.4 is 0 Å². The normalized spacial score (nSPS) is 21.3. The van der Waals surface area contributed by atoms with E-state index in [0.717, 1.165) is 24.8 Å². The van der Waals surface area contributed by atoms with E-state index in [4.69, 9.17) is 4.74 Å². The molecule has 1 saturated heterocycles. The maximum atomic E-state index is 12.1. The summed E-state index contributed by atoms with van der Waals surface area (Å²) in [6.45, 7) is 2.63. The van der Waals surface area contributed by atoms with Crippen LogP contribution in [0.5, 0.6) is 0 Å². The van der Waals surface area contributed by atoms with Gasteiger partial charge in [-0.05, 0) is 37.8 Å². The van der Waals surface area contributed by atoms with Crippen molar-refractivity contribution in [1.82, 2.24) is 4.98 Å². The van der Waals surface area contributed by atoms with Gasteiger partial charge in [-0.2, -0.15) is 0 Å². The fourth-order valence-corrected chi connectivity index (χ4v) is 1.84. The van der Waals surface area contributed by atoms with Crippen molar-refractivity contribution in [2.75, 3.05) is 6.61 Å². The number of pyridine rings is 1. The van der Waals surface area contributed by atoms with Crippen molar-refractivity contribution in [2.24, 2.45) is 0 Å². The number of nitrogens with zero attached hydrogens (tertiary/aromatic N) is 1. The van der Waals surface area contributed by atoms with Crippen molar-refractivity contribution in [3.63, 3.8) is 0 Å². The molecule has 80 valence electrons. The number of ketones is 1. The van der Waals surface area contributed by atoms with Gasteiger partial charge in [-0.3, -0.25) is 9.78 Å². The molecule has 0 N–H and O–H groups in total. The highest BCUT2D eigenvalue weighted by Gasteiger charge is 2.24. The van der Waals surface area contributed by atoms with Gasteiger partial charge in [0.2, 0.25) is 0 Å². The Labute approximate surface area is 89.5 Å². The average molecular weight is 205 g/mol. The van der Waals surface area contributed by atoms with E-state index in [0.29, 0.717) is 12.2 Å². The highest BCUT2D eigenvalue weighted by atomic mass is 16.5. The molecule has 1 aliphatic heterocycles. The number of aryl methyl sites for hydroxylation is 1. The quantitative estimate of drug-likeness (QED) is 0.694. The van der Waals surface area contributed by atoms with Crippen molar-refractivity contribution in [2.45, 2.75) is 32.3 Å². The molecule has 1 aromatic heterocycles. The topological polar surface area (TPSA) is 39.2 Å². The van der Waals surface area contributed by atoms with E-state index in [1.165, 1.54) is 0 Å². The Morgan fingerprint density at radius 2 is 2.40 bits per heavy atom. The van der Waals surface area contributed by atoms with Crippen LogP contribution in [0.1, 0.15) is 35.2 Å². The van der Waals surface area contributed by atoms with E-state index in [1.54, 1.807) is 12.4 Å². The Kier molecular flexibility index (Phi) is 3.11. The lowest BCUT2D eigenvalue weighted by Crippen LogP contribution is -2.28. The second-order valence-electron chi connectivity index (χ2n) is 3.91. The summed E-state index contributed by atoms with van der Waals surface area (Å²) in [4.78, 5) is 16.0. The van der Waals surface area contributed by atoms with E-state index >= 15 is 0 Å². The maximum absolute atomic E-state index is 12.1. The molecule has 1 atom stereocenters. The first kappa shape index (κ1) is 10.3. The summed E-state index contributed by atoms with van der Waals surface area (Å²) in [6.07, 6.45) is 6.07. The molecule has 3 heteroatoms. The van der Waals surface area contributed by atoms with Gasteiger partial charge in [0, 0.05) is 24.6 Å². The minimum Gasteiger partial charge on any atom is -0.370 e. The van der Waals surface area contributed by atoms with Gasteiger partial charge >= 0.3 is 0 Å². The van der Waals surface area contributed by atoms with Gasteiger partial charge in [0.1, 0.15) is 6.10 Å². The molecule has 1 fully saturated rings. The Hall–Kier alpha value is -1.22. The van der Waals surface area contributed by atoms with Crippen molar-refractivity contribution in [3.05, 3.63) is 29.6 Å². The van der Waals surface area contributed by atoms with Crippen LogP contribution in [0.25, 0.3) is 0 Å². The molecule has 0 radical (unpaired) electrons. The van der Waals surface area contributed by atoms with Gasteiger partial charge in [0.15, 0.2) is 5.78 Å². The predicted octanol–water partition coefficient (Wildman–Crippen LogP) is 2.14. The first-order valence-electron chi connectivity index (χ1n) is 5.35. The van der Waals surface area contributed by atoms with E-state index in [9.17, 15) is 4.79 Å². The molecule has 2 heterocycles. The standard InChI is InChI=1S/C12H15NO2/c1-9-5-6-13-8-10(9)12(14)11-4-2-3-7-15-11/h5-6,8,11H,2-4,7H2,1H3. The molecule has 3 nitrogen and oxygen atoms in total. The minimum atomic E-state index is -0.248. The minimum absolute atomic E-state index is 0.0836. The molecule has 1 aromatic rings. The Morgan fingerprint density at radius 1 is 1.53 bits per heavy atom. The second-order valence-corrected chi connectivity index (χ2v) is 3.91. The molecule has 0 bridgehead atoms. The molecule has 0 aliphatic carbocycles. The van der Waals surface area contributed by atoms with Crippen LogP contribution in [0.3, 0.4) is 0 Å². The number of carbonyl (C=O) groups is 1. The summed E-state index contributed by atoms with van der Waals surface area (Å²) in [5, 5.41) is 0. The van der Waals surface area contributed by atoms with Crippen LogP contribution in [0.4, 0.5) is 0 Å². The SMILES string of the molecule is Cc1ccncc1C(=O)C1CCCCO1. The third-order valence-corrected chi connectivity index (χ3v) is 2.78. The molecule has 0 amide bonds. The summed E-state index contributed by atoms with van der Waals surface area (Å²) >= 11 is 0. The number of rotatable bonds is 2. The smallest absolute Gasteiger partial charge is 0.193 e. The third kappa shape index (κ3) is 2.23. The van der Waals surface area contributed by atoms with Crippen LogP contribution in [0.2, 0.25) is 0 Å². The van der Waals surface area contributed by atoms with Crippen LogP contribution in [0.15, 0.2) is 18.5 Å². The summed E-state index contributed by atoms with van der Waals surface area (Å²) in [7, 11) is 0. The molecule has 1 unspecified atom stereocenters. The molecular formula is C12H15NO2. The Balaban J connectivity index is 2.16. The first-order valence-corrected chi connectivity index (χ1v) is 5.35. The van der Waals surface area contributed by atoms with Crippen LogP contribution in [0, 0.1) is 6.92 Å². The summed E-state index contributed by atoms with van der Waals surface area (Å²) in [5.74, 6) is 0.0836. The fourth-order valence-electron chi connectivity index (χ4n) is 1.84. The lowest BCUT2D eigenvalue weighted by Gasteiger charge is -2.21. The van der Waals surface area contributed by atoms with Gasteiger partial charge in [-0.25, -0.2) is 0 Å². The monoisotopic (exact) mass is 205 g/mol. The van der Waals surface area contributed by atoms with E-state index in [2.05, 4.69) is 4.98 Å². The molecular weight excluding hydrogens is 190 g/mol. The van der Waals surface area contributed by atoms with Crippen LogP contribution in [-0.4, -0.2) is 23.5 Å². The maximum Gasteiger partial charge on any atom is 0.193 e. The van der Waals surface area contributed by atoms with E-state index < -0.39 is 0 Å². The van der Waals surface area contributed by atoms with Gasteiger partial charge in [-0.1, -0.05) is 0 Å².